The topological polar surface area (TPSA) is 0 Å². The Morgan fingerprint density at radius 3 is 1.36 bits per heavy atom. The number of fused-ring (bicyclic) bond motifs is 2. The van der Waals surface area contributed by atoms with E-state index in [1.54, 1.807) is 0 Å². The predicted octanol–water partition coefficient (Wildman–Crippen LogP) is 5.90. The maximum atomic E-state index is 3.29. The molecule has 0 atom stereocenters. The van der Waals surface area contributed by atoms with Gasteiger partial charge in [0.05, 0.1) is 0 Å². The van der Waals surface area contributed by atoms with E-state index in [1.807, 2.05) is 24.3 Å². The number of hydrogen-bond acceptors (Lipinski definition) is 0. The Morgan fingerprint density at radius 2 is 0.909 bits per heavy atom. The fourth-order valence-corrected chi connectivity index (χ4v) is 2.45. The fourth-order valence-electron chi connectivity index (χ4n) is 2.45. The second-order valence-corrected chi connectivity index (χ2v) is 5.46. The molecule has 0 unspecified atom stereocenters. The van der Waals surface area contributed by atoms with E-state index >= 15 is 0 Å². The van der Waals surface area contributed by atoms with Gasteiger partial charge in [0.2, 0.25) is 0 Å². The van der Waals surface area contributed by atoms with E-state index in [0.717, 1.165) is 0 Å². The van der Waals surface area contributed by atoms with Gasteiger partial charge in [-0.1, -0.05) is 72.8 Å². The van der Waals surface area contributed by atoms with Crippen molar-refractivity contribution in [1.82, 2.24) is 0 Å². The standard InChI is InChI=1S/2C11H9/c2*1-9-6-7-10-4-2-3-5-11(10)8-9/h2*2-7H,1H3. The molecule has 0 spiro atoms. The highest BCUT2D eigenvalue weighted by molar-refractivity contribution is 5.82. The van der Waals surface area contributed by atoms with E-state index in [0.29, 0.717) is 0 Å². The minimum atomic E-state index is 1.20. The molecule has 0 aliphatic rings. The Hall–Kier alpha value is -2.60. The first-order chi connectivity index (χ1) is 10.7. The SMILES string of the molecule is Cc1[c]c2ccccc2cc1.Cc1[c]c2ccccc2cc1. The summed E-state index contributed by atoms with van der Waals surface area (Å²) in [7, 11) is 0. The summed E-state index contributed by atoms with van der Waals surface area (Å²) in [5, 5.41) is 4.93. The smallest absolute Gasteiger partial charge is 0.00672 e. The summed E-state index contributed by atoms with van der Waals surface area (Å²) in [6.07, 6.45) is 0. The van der Waals surface area contributed by atoms with E-state index in [1.165, 1.54) is 32.7 Å². The summed E-state index contributed by atoms with van der Waals surface area (Å²) in [4.78, 5) is 0. The first kappa shape index (κ1) is 14.3. The molecule has 0 saturated carbocycles. The van der Waals surface area contributed by atoms with Gasteiger partial charge in [0.15, 0.2) is 0 Å². The molecule has 0 amide bonds. The van der Waals surface area contributed by atoms with E-state index in [4.69, 9.17) is 0 Å². The summed E-state index contributed by atoms with van der Waals surface area (Å²) in [6.45, 7) is 4.12. The first-order valence-corrected chi connectivity index (χ1v) is 7.48. The van der Waals surface area contributed by atoms with Gasteiger partial charge in [0.25, 0.3) is 0 Å². The molecule has 0 aliphatic heterocycles. The maximum Gasteiger partial charge on any atom is -0.00672 e. The molecule has 0 aromatic heterocycles. The van der Waals surface area contributed by atoms with Crippen molar-refractivity contribution in [3.8, 4) is 0 Å². The normalized spacial score (nSPS) is 10.3. The minimum Gasteiger partial charge on any atom is -0.0616 e. The Bertz CT molecular complexity index is 826. The van der Waals surface area contributed by atoms with Crippen molar-refractivity contribution in [2.24, 2.45) is 0 Å². The molecule has 4 aromatic carbocycles. The van der Waals surface area contributed by atoms with Gasteiger partial charge in [-0.2, -0.15) is 0 Å². The largest absolute Gasteiger partial charge is 0.0616 e. The van der Waals surface area contributed by atoms with Crippen molar-refractivity contribution in [3.63, 3.8) is 0 Å². The molecular formula is C22H18. The third-order valence-corrected chi connectivity index (χ3v) is 3.61. The second kappa shape index (κ2) is 6.44. The molecule has 0 heteroatoms. The molecule has 0 fully saturated rings. The molecule has 0 nitrogen and oxygen atoms in total. The van der Waals surface area contributed by atoms with Gasteiger partial charge in [-0.25, -0.2) is 0 Å². The molecule has 22 heavy (non-hydrogen) atoms. The Balaban J connectivity index is 0.000000131. The van der Waals surface area contributed by atoms with Crippen LogP contribution < -0.4 is 0 Å². The number of benzene rings is 4. The third-order valence-electron chi connectivity index (χ3n) is 3.61. The highest BCUT2D eigenvalue weighted by Crippen LogP contribution is 2.14. The molecule has 0 N–H and O–H groups in total. The summed E-state index contributed by atoms with van der Waals surface area (Å²) >= 11 is 0. The van der Waals surface area contributed by atoms with Crippen LogP contribution >= 0.6 is 0 Å². The molecule has 4 rings (SSSR count). The van der Waals surface area contributed by atoms with Gasteiger partial charge in [-0.05, 0) is 58.7 Å². The van der Waals surface area contributed by atoms with Crippen LogP contribution in [0.4, 0.5) is 0 Å². The fraction of sp³-hybridized carbons (Fsp3) is 0.0909. The van der Waals surface area contributed by atoms with Gasteiger partial charge in [0, 0.05) is 0 Å². The summed E-state index contributed by atoms with van der Waals surface area (Å²) < 4.78 is 0. The monoisotopic (exact) mass is 282 g/mol. The molecule has 106 valence electrons. The lowest BCUT2D eigenvalue weighted by molar-refractivity contribution is 1.49. The van der Waals surface area contributed by atoms with Crippen LogP contribution in [-0.4, -0.2) is 0 Å². The lowest BCUT2D eigenvalue weighted by atomic mass is 10.1. The number of rotatable bonds is 0. The van der Waals surface area contributed by atoms with Crippen molar-refractivity contribution in [2.45, 2.75) is 13.8 Å². The molecule has 0 bridgehead atoms. The summed E-state index contributed by atoms with van der Waals surface area (Å²) in [5.41, 5.74) is 2.40. The van der Waals surface area contributed by atoms with Gasteiger partial charge in [-0.3, -0.25) is 0 Å². The van der Waals surface area contributed by atoms with Crippen LogP contribution in [0.3, 0.4) is 0 Å². The Morgan fingerprint density at radius 1 is 0.500 bits per heavy atom. The van der Waals surface area contributed by atoms with Crippen molar-refractivity contribution in [2.75, 3.05) is 0 Å². The molecule has 0 heterocycles. The van der Waals surface area contributed by atoms with Crippen molar-refractivity contribution in [3.05, 3.63) is 96.1 Å². The van der Waals surface area contributed by atoms with Crippen LogP contribution in [0, 0.1) is 26.0 Å². The van der Waals surface area contributed by atoms with Crippen LogP contribution in [0.1, 0.15) is 11.1 Å². The zero-order valence-corrected chi connectivity index (χ0v) is 12.9. The maximum absolute atomic E-state index is 3.29. The van der Waals surface area contributed by atoms with E-state index in [2.05, 4.69) is 74.5 Å². The quantitative estimate of drug-likeness (QED) is 0.377. The molecule has 0 aliphatic carbocycles. The molecule has 0 saturated heterocycles. The van der Waals surface area contributed by atoms with Gasteiger partial charge in [-0.15, -0.1) is 0 Å². The zero-order chi connectivity index (χ0) is 15.4. The van der Waals surface area contributed by atoms with Crippen LogP contribution in [0.2, 0.25) is 0 Å². The van der Waals surface area contributed by atoms with Crippen molar-refractivity contribution < 1.29 is 0 Å². The van der Waals surface area contributed by atoms with Gasteiger partial charge < -0.3 is 0 Å². The highest BCUT2D eigenvalue weighted by Gasteiger charge is 1.91. The van der Waals surface area contributed by atoms with Crippen molar-refractivity contribution in [1.29, 1.82) is 0 Å². The summed E-state index contributed by atoms with van der Waals surface area (Å²) in [5.74, 6) is 0. The number of hydrogen-bond donors (Lipinski definition) is 0. The predicted molar refractivity (Wildman–Crippen MR) is 95.0 cm³/mol. The van der Waals surface area contributed by atoms with E-state index in [9.17, 15) is 0 Å². The molecule has 4 aromatic rings. The number of aryl methyl sites for hydroxylation is 2. The molecular weight excluding hydrogens is 264 g/mol. The first-order valence-electron chi connectivity index (χ1n) is 7.48. The van der Waals surface area contributed by atoms with Crippen LogP contribution in [0.15, 0.2) is 72.8 Å². The lowest BCUT2D eigenvalue weighted by Crippen LogP contribution is -1.74. The van der Waals surface area contributed by atoms with Crippen LogP contribution in [0.5, 0.6) is 0 Å². The minimum absolute atomic E-state index is 1.20. The highest BCUT2D eigenvalue weighted by atomic mass is 14.0. The lowest BCUT2D eigenvalue weighted by Gasteiger charge is -1.96. The van der Waals surface area contributed by atoms with E-state index in [-0.39, 0.29) is 0 Å². The third kappa shape index (κ3) is 3.35. The van der Waals surface area contributed by atoms with Crippen LogP contribution in [-0.2, 0) is 0 Å². The van der Waals surface area contributed by atoms with E-state index < -0.39 is 0 Å². The summed E-state index contributed by atoms with van der Waals surface area (Å²) in [6, 6.07) is 31.6. The van der Waals surface area contributed by atoms with Gasteiger partial charge >= 0.3 is 0 Å². The molecule has 2 radical (unpaired) electrons. The zero-order valence-electron chi connectivity index (χ0n) is 12.9. The van der Waals surface area contributed by atoms with Crippen molar-refractivity contribution >= 4 is 21.5 Å². The average Bonchev–Trinajstić information content (AvgIpc) is 2.55. The average molecular weight is 282 g/mol. The Labute approximate surface area is 132 Å². The Kier molecular flexibility index (Phi) is 4.20. The van der Waals surface area contributed by atoms with Gasteiger partial charge in [0.1, 0.15) is 0 Å². The second-order valence-electron chi connectivity index (χ2n) is 5.46. The van der Waals surface area contributed by atoms with Crippen LogP contribution in [0.25, 0.3) is 21.5 Å².